The fraction of sp³-hybridized carbons (Fsp3) is 0.158. The van der Waals surface area contributed by atoms with Gasteiger partial charge in [-0.2, -0.15) is 0 Å². The van der Waals surface area contributed by atoms with Crippen molar-refractivity contribution in [2.75, 3.05) is 0 Å². The molecule has 0 atom stereocenters. The van der Waals surface area contributed by atoms with Crippen LogP contribution >= 0.6 is 0 Å². The van der Waals surface area contributed by atoms with Crippen molar-refractivity contribution in [3.63, 3.8) is 0 Å². The molecule has 0 bridgehead atoms. The standard InChI is InChI=1S/C19H17N5O/c1-12-4-8-15(9-5-12)18-21-22-19(25-18)17-14(3)24(23-20-17)16-10-6-13(2)7-11-16/h4-11H,1-3H3. The monoisotopic (exact) mass is 331 g/mol. The van der Waals surface area contributed by atoms with Crippen molar-refractivity contribution in [2.45, 2.75) is 20.8 Å². The maximum absolute atomic E-state index is 5.81. The molecule has 0 radical (unpaired) electrons. The summed E-state index contributed by atoms with van der Waals surface area (Å²) in [5.41, 5.74) is 5.64. The van der Waals surface area contributed by atoms with E-state index in [0.29, 0.717) is 17.5 Å². The van der Waals surface area contributed by atoms with Gasteiger partial charge >= 0.3 is 0 Å². The molecule has 6 nitrogen and oxygen atoms in total. The summed E-state index contributed by atoms with van der Waals surface area (Å²) in [6.45, 7) is 6.02. The van der Waals surface area contributed by atoms with Gasteiger partial charge in [0.15, 0.2) is 5.69 Å². The summed E-state index contributed by atoms with van der Waals surface area (Å²) in [6.07, 6.45) is 0. The first-order chi connectivity index (χ1) is 12.1. The van der Waals surface area contributed by atoms with Crippen LogP contribution in [0.15, 0.2) is 52.9 Å². The van der Waals surface area contributed by atoms with Gasteiger partial charge in [-0.25, -0.2) is 4.68 Å². The van der Waals surface area contributed by atoms with Crippen molar-refractivity contribution in [2.24, 2.45) is 0 Å². The molecule has 2 heterocycles. The molecule has 6 heteroatoms. The third kappa shape index (κ3) is 2.82. The van der Waals surface area contributed by atoms with E-state index in [1.54, 1.807) is 4.68 Å². The molecule has 0 saturated heterocycles. The lowest BCUT2D eigenvalue weighted by atomic mass is 10.1. The van der Waals surface area contributed by atoms with Gasteiger partial charge in [0, 0.05) is 5.56 Å². The lowest BCUT2D eigenvalue weighted by Crippen LogP contribution is -1.98. The molecule has 0 N–H and O–H groups in total. The average molecular weight is 331 g/mol. The first kappa shape index (κ1) is 15.3. The van der Waals surface area contributed by atoms with E-state index in [1.807, 2.05) is 62.4 Å². The first-order valence-corrected chi connectivity index (χ1v) is 8.02. The van der Waals surface area contributed by atoms with E-state index in [1.165, 1.54) is 11.1 Å². The van der Waals surface area contributed by atoms with Gasteiger partial charge in [-0.05, 0) is 45.0 Å². The van der Waals surface area contributed by atoms with Crippen molar-refractivity contribution >= 4 is 0 Å². The number of benzene rings is 2. The predicted molar refractivity (Wildman–Crippen MR) is 94.3 cm³/mol. The van der Waals surface area contributed by atoms with E-state index < -0.39 is 0 Å². The molecule has 2 aromatic carbocycles. The fourth-order valence-electron chi connectivity index (χ4n) is 2.59. The number of aryl methyl sites for hydroxylation is 2. The maximum atomic E-state index is 5.81. The zero-order valence-corrected chi connectivity index (χ0v) is 14.3. The van der Waals surface area contributed by atoms with Crippen molar-refractivity contribution < 1.29 is 4.42 Å². The van der Waals surface area contributed by atoms with Gasteiger partial charge in [-0.15, -0.1) is 15.3 Å². The Morgan fingerprint density at radius 1 is 0.720 bits per heavy atom. The Bertz CT molecular complexity index is 1010. The van der Waals surface area contributed by atoms with Gasteiger partial charge in [-0.3, -0.25) is 0 Å². The van der Waals surface area contributed by atoms with Crippen molar-refractivity contribution in [1.29, 1.82) is 0 Å². The Morgan fingerprint density at radius 3 is 2.00 bits per heavy atom. The number of rotatable bonds is 3. The molecule has 0 spiro atoms. The molecular weight excluding hydrogens is 314 g/mol. The highest BCUT2D eigenvalue weighted by atomic mass is 16.4. The molecule has 2 aromatic heterocycles. The zero-order valence-electron chi connectivity index (χ0n) is 14.3. The largest absolute Gasteiger partial charge is 0.414 e. The molecule has 25 heavy (non-hydrogen) atoms. The van der Waals surface area contributed by atoms with Gasteiger partial charge in [0.1, 0.15) is 0 Å². The Labute approximate surface area is 145 Å². The molecule has 0 fully saturated rings. The summed E-state index contributed by atoms with van der Waals surface area (Å²) >= 11 is 0. The van der Waals surface area contributed by atoms with Crippen LogP contribution in [0.5, 0.6) is 0 Å². The van der Waals surface area contributed by atoms with Crippen molar-refractivity contribution in [3.8, 4) is 28.7 Å². The number of nitrogens with zero attached hydrogens (tertiary/aromatic N) is 5. The lowest BCUT2D eigenvalue weighted by Gasteiger charge is -2.03. The van der Waals surface area contributed by atoms with E-state index in [-0.39, 0.29) is 0 Å². The second-order valence-electron chi connectivity index (χ2n) is 6.05. The van der Waals surface area contributed by atoms with E-state index in [0.717, 1.165) is 16.9 Å². The molecule has 0 unspecified atom stereocenters. The SMILES string of the molecule is Cc1ccc(-c2nnc(-c3nnn(-c4ccc(C)cc4)c3C)o2)cc1. The molecule has 0 aliphatic rings. The highest BCUT2D eigenvalue weighted by Gasteiger charge is 2.18. The summed E-state index contributed by atoms with van der Waals surface area (Å²) in [5.74, 6) is 0.839. The van der Waals surface area contributed by atoms with Gasteiger partial charge in [0.05, 0.1) is 11.4 Å². The average Bonchev–Trinajstić information content (AvgIpc) is 3.23. The van der Waals surface area contributed by atoms with Gasteiger partial charge in [-0.1, -0.05) is 40.6 Å². The highest BCUT2D eigenvalue weighted by Crippen LogP contribution is 2.25. The van der Waals surface area contributed by atoms with Crippen LogP contribution in [0.1, 0.15) is 16.8 Å². The predicted octanol–water partition coefficient (Wildman–Crippen LogP) is 3.91. The molecule has 124 valence electrons. The van der Waals surface area contributed by atoms with Crippen LogP contribution in [0.25, 0.3) is 28.7 Å². The van der Waals surface area contributed by atoms with Crippen LogP contribution in [0.3, 0.4) is 0 Å². The summed E-state index contributed by atoms with van der Waals surface area (Å²) in [4.78, 5) is 0. The van der Waals surface area contributed by atoms with Crippen LogP contribution in [0.2, 0.25) is 0 Å². The minimum Gasteiger partial charge on any atom is -0.414 e. The number of aromatic nitrogens is 5. The first-order valence-electron chi connectivity index (χ1n) is 8.02. The van der Waals surface area contributed by atoms with Crippen LogP contribution in [0, 0.1) is 20.8 Å². The van der Waals surface area contributed by atoms with Crippen LogP contribution in [0.4, 0.5) is 0 Å². The second-order valence-corrected chi connectivity index (χ2v) is 6.05. The second kappa shape index (κ2) is 5.98. The Kier molecular flexibility index (Phi) is 3.65. The Morgan fingerprint density at radius 2 is 1.32 bits per heavy atom. The summed E-state index contributed by atoms with van der Waals surface area (Å²) in [6, 6.07) is 16.0. The third-order valence-electron chi connectivity index (χ3n) is 4.10. The van der Waals surface area contributed by atoms with Gasteiger partial charge in [0.2, 0.25) is 5.89 Å². The van der Waals surface area contributed by atoms with E-state index in [4.69, 9.17) is 4.42 Å². The van der Waals surface area contributed by atoms with E-state index in [2.05, 4.69) is 27.4 Å². The van der Waals surface area contributed by atoms with Gasteiger partial charge in [0.25, 0.3) is 5.89 Å². The Hall–Kier alpha value is -3.28. The minimum atomic E-state index is 0.367. The smallest absolute Gasteiger partial charge is 0.270 e. The molecule has 0 aliphatic carbocycles. The topological polar surface area (TPSA) is 69.6 Å². The van der Waals surface area contributed by atoms with Crippen molar-refractivity contribution in [1.82, 2.24) is 25.2 Å². The number of hydrogen-bond donors (Lipinski definition) is 0. The van der Waals surface area contributed by atoms with E-state index >= 15 is 0 Å². The molecule has 4 rings (SSSR count). The minimum absolute atomic E-state index is 0.367. The normalized spacial score (nSPS) is 11.0. The molecule has 0 saturated carbocycles. The van der Waals surface area contributed by atoms with Gasteiger partial charge < -0.3 is 4.42 Å². The molecule has 0 amide bonds. The number of hydrogen-bond acceptors (Lipinski definition) is 5. The molecule has 4 aromatic rings. The quantitative estimate of drug-likeness (QED) is 0.569. The maximum Gasteiger partial charge on any atom is 0.270 e. The molecular formula is C19H17N5O. The summed E-state index contributed by atoms with van der Waals surface area (Å²) < 4.78 is 7.58. The highest BCUT2D eigenvalue weighted by molar-refractivity contribution is 5.57. The molecule has 0 aliphatic heterocycles. The summed E-state index contributed by atoms with van der Waals surface area (Å²) in [5, 5.41) is 16.7. The van der Waals surface area contributed by atoms with Crippen molar-refractivity contribution in [3.05, 3.63) is 65.4 Å². The summed E-state index contributed by atoms with van der Waals surface area (Å²) in [7, 11) is 0. The zero-order chi connectivity index (χ0) is 17.4. The van der Waals surface area contributed by atoms with Crippen LogP contribution in [-0.2, 0) is 0 Å². The third-order valence-corrected chi connectivity index (χ3v) is 4.10. The fourth-order valence-corrected chi connectivity index (χ4v) is 2.59. The van der Waals surface area contributed by atoms with Crippen LogP contribution in [-0.4, -0.2) is 25.2 Å². The van der Waals surface area contributed by atoms with E-state index in [9.17, 15) is 0 Å². The Balaban J connectivity index is 1.69. The lowest BCUT2D eigenvalue weighted by molar-refractivity contribution is 0.581. The van der Waals surface area contributed by atoms with Crippen LogP contribution < -0.4 is 0 Å².